The number of anilines is 1. The molecule has 0 unspecified atom stereocenters. The molecule has 1 N–H and O–H groups in total. The number of nitrogens with zero attached hydrogens (tertiary/aromatic N) is 3. The van der Waals surface area contributed by atoms with E-state index in [9.17, 15) is 0 Å². The number of hydrogen-bond donors (Lipinski definition) is 1. The lowest BCUT2D eigenvalue weighted by Gasteiger charge is -2.11. The van der Waals surface area contributed by atoms with E-state index in [-0.39, 0.29) is 5.28 Å². The van der Waals surface area contributed by atoms with Gasteiger partial charge >= 0.3 is 0 Å². The summed E-state index contributed by atoms with van der Waals surface area (Å²) in [5, 5.41) is 4.38. The van der Waals surface area contributed by atoms with Gasteiger partial charge in [-0.2, -0.15) is 0 Å². The number of hydrogen-bond acceptors (Lipinski definition) is 5. The molecule has 112 valence electrons. The van der Waals surface area contributed by atoms with Crippen molar-refractivity contribution in [1.82, 2.24) is 15.0 Å². The van der Waals surface area contributed by atoms with Crippen LogP contribution in [0, 0.1) is 3.57 Å². The molecule has 0 saturated carbocycles. The van der Waals surface area contributed by atoms with Gasteiger partial charge in [-0.3, -0.25) is 4.98 Å². The molecule has 1 aromatic carbocycles. The van der Waals surface area contributed by atoms with Gasteiger partial charge in [-0.15, -0.1) is 0 Å². The van der Waals surface area contributed by atoms with Gasteiger partial charge in [0.05, 0.1) is 16.2 Å². The molecule has 0 bridgehead atoms. The van der Waals surface area contributed by atoms with Crippen LogP contribution in [-0.4, -0.2) is 22.1 Å². The molecule has 0 amide bonds. The number of aromatic nitrogens is 3. The van der Waals surface area contributed by atoms with E-state index in [2.05, 4.69) is 42.9 Å². The molecule has 0 fully saturated rings. The van der Waals surface area contributed by atoms with E-state index < -0.39 is 0 Å². The summed E-state index contributed by atoms with van der Waals surface area (Å²) in [6.07, 6.45) is 3.51. The largest absolute Gasteiger partial charge is 0.496 e. The van der Waals surface area contributed by atoms with Crippen molar-refractivity contribution in [1.29, 1.82) is 0 Å². The number of ether oxygens (including phenoxy) is 1. The van der Waals surface area contributed by atoms with Gasteiger partial charge in [0.2, 0.25) is 5.28 Å². The number of pyridine rings is 1. The Kier molecular flexibility index (Phi) is 4.58. The van der Waals surface area contributed by atoms with Crippen LogP contribution in [0.3, 0.4) is 0 Å². The molecule has 2 aromatic heterocycles. The second kappa shape index (κ2) is 6.62. The van der Waals surface area contributed by atoms with Crippen LogP contribution in [0.15, 0.2) is 36.7 Å². The SMILES string of the molecule is COc1cc2c(NCc3ccncc3)nc(Cl)nc2cc1I. The molecular weight excluding hydrogens is 415 g/mol. The molecule has 3 aromatic rings. The van der Waals surface area contributed by atoms with Crippen LogP contribution in [0.25, 0.3) is 10.9 Å². The highest BCUT2D eigenvalue weighted by atomic mass is 127. The molecule has 3 rings (SSSR count). The Hall–Kier alpha value is -1.67. The van der Waals surface area contributed by atoms with E-state index in [1.807, 2.05) is 24.3 Å². The van der Waals surface area contributed by atoms with E-state index in [4.69, 9.17) is 16.3 Å². The summed E-state index contributed by atoms with van der Waals surface area (Å²) in [6, 6.07) is 7.74. The van der Waals surface area contributed by atoms with Crippen molar-refractivity contribution in [2.45, 2.75) is 6.54 Å². The average Bonchev–Trinajstić information content (AvgIpc) is 2.53. The standard InChI is InChI=1S/C15H12ClIN4O/c1-22-13-6-10-12(7-11(13)17)20-15(16)21-14(10)19-8-9-2-4-18-5-3-9/h2-7H,8H2,1H3,(H,19,20,21). The van der Waals surface area contributed by atoms with Gasteiger partial charge < -0.3 is 10.1 Å². The van der Waals surface area contributed by atoms with Crippen LogP contribution in [-0.2, 0) is 6.54 Å². The molecule has 0 aliphatic rings. The summed E-state index contributed by atoms with van der Waals surface area (Å²) in [6.45, 7) is 0.624. The predicted molar refractivity (Wildman–Crippen MR) is 95.4 cm³/mol. The zero-order valence-electron chi connectivity index (χ0n) is 11.7. The Morgan fingerprint density at radius 1 is 1.23 bits per heavy atom. The molecule has 0 atom stereocenters. The summed E-state index contributed by atoms with van der Waals surface area (Å²) in [7, 11) is 1.64. The van der Waals surface area contributed by atoms with Gasteiger partial charge in [-0.25, -0.2) is 9.97 Å². The molecular formula is C15H12ClIN4O. The van der Waals surface area contributed by atoms with Crippen molar-refractivity contribution in [3.8, 4) is 5.75 Å². The van der Waals surface area contributed by atoms with Gasteiger partial charge in [0.1, 0.15) is 11.6 Å². The number of fused-ring (bicyclic) bond motifs is 1. The first kappa shape index (κ1) is 15.2. The minimum absolute atomic E-state index is 0.214. The smallest absolute Gasteiger partial charge is 0.224 e. The molecule has 2 heterocycles. The van der Waals surface area contributed by atoms with Crippen LogP contribution in [0.2, 0.25) is 5.28 Å². The Bertz CT molecular complexity index is 813. The summed E-state index contributed by atoms with van der Waals surface area (Å²) in [5.74, 6) is 1.47. The van der Waals surface area contributed by atoms with Gasteiger partial charge in [0, 0.05) is 24.3 Å². The quantitative estimate of drug-likeness (QED) is 0.506. The van der Waals surface area contributed by atoms with E-state index in [1.54, 1.807) is 19.5 Å². The highest BCUT2D eigenvalue weighted by Crippen LogP contribution is 2.30. The fraction of sp³-hybridized carbons (Fsp3) is 0.133. The molecule has 5 nitrogen and oxygen atoms in total. The zero-order valence-corrected chi connectivity index (χ0v) is 14.6. The van der Waals surface area contributed by atoms with Crippen molar-refractivity contribution in [3.05, 3.63) is 51.1 Å². The third-order valence-corrected chi connectivity index (χ3v) is 4.16. The Morgan fingerprint density at radius 3 is 2.73 bits per heavy atom. The van der Waals surface area contributed by atoms with Crippen LogP contribution in [0.4, 0.5) is 5.82 Å². The minimum Gasteiger partial charge on any atom is -0.496 e. The lowest BCUT2D eigenvalue weighted by molar-refractivity contribution is 0.412. The summed E-state index contributed by atoms with van der Waals surface area (Å²) >= 11 is 8.23. The molecule has 0 aliphatic heterocycles. The number of nitrogens with one attached hydrogen (secondary N) is 1. The fourth-order valence-electron chi connectivity index (χ4n) is 2.08. The molecule has 22 heavy (non-hydrogen) atoms. The van der Waals surface area contributed by atoms with Crippen molar-refractivity contribution < 1.29 is 4.74 Å². The molecule has 7 heteroatoms. The maximum Gasteiger partial charge on any atom is 0.224 e. The number of rotatable bonds is 4. The van der Waals surface area contributed by atoms with Crippen molar-refractivity contribution in [2.24, 2.45) is 0 Å². The van der Waals surface area contributed by atoms with E-state index in [0.29, 0.717) is 12.4 Å². The lowest BCUT2D eigenvalue weighted by Crippen LogP contribution is -2.03. The van der Waals surface area contributed by atoms with E-state index in [1.165, 1.54) is 0 Å². The molecule has 0 radical (unpaired) electrons. The fourth-order valence-corrected chi connectivity index (χ4v) is 2.93. The predicted octanol–water partition coefficient (Wildman–Crippen LogP) is 3.90. The third kappa shape index (κ3) is 3.22. The van der Waals surface area contributed by atoms with Crippen molar-refractivity contribution >= 4 is 50.9 Å². The second-order valence-corrected chi connectivity index (χ2v) is 6.05. The number of halogens is 2. The molecule has 0 aliphatic carbocycles. The van der Waals surface area contributed by atoms with E-state index >= 15 is 0 Å². The van der Waals surface area contributed by atoms with Gasteiger partial charge in [0.25, 0.3) is 0 Å². The van der Waals surface area contributed by atoms with Gasteiger partial charge in [0.15, 0.2) is 0 Å². The Morgan fingerprint density at radius 2 is 2.00 bits per heavy atom. The van der Waals surface area contributed by atoms with Gasteiger partial charge in [-0.05, 0) is 64.0 Å². The van der Waals surface area contributed by atoms with Crippen LogP contribution >= 0.6 is 34.2 Å². The number of benzene rings is 1. The highest BCUT2D eigenvalue weighted by molar-refractivity contribution is 14.1. The van der Waals surface area contributed by atoms with Crippen LogP contribution < -0.4 is 10.1 Å². The summed E-state index contributed by atoms with van der Waals surface area (Å²) in [4.78, 5) is 12.6. The van der Waals surface area contributed by atoms with E-state index in [0.717, 1.165) is 25.8 Å². The Balaban J connectivity index is 2.00. The lowest BCUT2D eigenvalue weighted by atomic mass is 10.2. The maximum atomic E-state index is 6.03. The topological polar surface area (TPSA) is 59.9 Å². The first-order valence-electron chi connectivity index (χ1n) is 6.51. The van der Waals surface area contributed by atoms with Gasteiger partial charge in [-0.1, -0.05) is 0 Å². The van der Waals surface area contributed by atoms with Crippen LogP contribution in [0.1, 0.15) is 5.56 Å². The zero-order chi connectivity index (χ0) is 15.5. The molecule has 0 saturated heterocycles. The van der Waals surface area contributed by atoms with Crippen molar-refractivity contribution in [2.75, 3.05) is 12.4 Å². The third-order valence-electron chi connectivity index (χ3n) is 3.15. The minimum atomic E-state index is 0.214. The number of methoxy groups -OCH3 is 1. The summed E-state index contributed by atoms with van der Waals surface area (Å²) < 4.78 is 6.34. The second-order valence-electron chi connectivity index (χ2n) is 4.55. The Labute approximate surface area is 146 Å². The van der Waals surface area contributed by atoms with Crippen molar-refractivity contribution in [3.63, 3.8) is 0 Å². The maximum absolute atomic E-state index is 6.03. The van der Waals surface area contributed by atoms with Crippen LogP contribution in [0.5, 0.6) is 5.75 Å². The normalized spacial score (nSPS) is 10.7. The highest BCUT2D eigenvalue weighted by Gasteiger charge is 2.11. The first-order chi connectivity index (χ1) is 10.7. The summed E-state index contributed by atoms with van der Waals surface area (Å²) in [5.41, 5.74) is 1.89. The average molecular weight is 427 g/mol. The monoisotopic (exact) mass is 426 g/mol. The molecule has 0 spiro atoms. The first-order valence-corrected chi connectivity index (χ1v) is 7.96.